The molecule has 1 aromatic rings. The van der Waals surface area contributed by atoms with Crippen LogP contribution in [-0.4, -0.2) is 28.0 Å². The van der Waals surface area contributed by atoms with Gasteiger partial charge in [-0.2, -0.15) is 0 Å². The van der Waals surface area contributed by atoms with E-state index < -0.39 is 17.8 Å². The number of nitrogens with one attached hydrogen (secondary N) is 1. The molecular weight excluding hydrogens is 233 g/mol. The lowest BCUT2D eigenvalue weighted by atomic mass is 10.2. The number of benzene rings is 1. The molecule has 1 aliphatic heterocycles. The van der Waals surface area contributed by atoms with Gasteiger partial charge in [0, 0.05) is 11.8 Å². The zero-order valence-corrected chi connectivity index (χ0v) is 9.00. The third-order valence-electron chi connectivity index (χ3n) is 2.29. The molecule has 0 spiro atoms. The van der Waals surface area contributed by atoms with Crippen molar-refractivity contribution in [1.29, 1.82) is 0 Å². The maximum Gasteiger partial charge on any atom is 0.321 e. The minimum absolute atomic E-state index is 0.156. The van der Waals surface area contributed by atoms with E-state index in [1.54, 1.807) is 0 Å². The number of phenolic OH excluding ortho intramolecular Hbond substituents is 1. The molecule has 0 amide bonds. The number of hydrogen-bond acceptors (Lipinski definition) is 4. The molecule has 1 aliphatic rings. The van der Waals surface area contributed by atoms with Crippen LogP contribution in [-0.2, 0) is 4.79 Å². The normalized spacial score (nSPS) is 24.6. The Morgan fingerprint density at radius 3 is 2.81 bits per heavy atom. The first-order valence-corrected chi connectivity index (χ1v) is 5.71. The fourth-order valence-corrected chi connectivity index (χ4v) is 2.77. The predicted molar refractivity (Wildman–Crippen MR) is 57.8 cm³/mol. The maximum atomic E-state index is 13.0. The van der Waals surface area contributed by atoms with E-state index in [0.29, 0.717) is 11.3 Å². The molecular formula is C10H10FNO3S. The van der Waals surface area contributed by atoms with Crippen LogP contribution in [0.4, 0.5) is 4.39 Å². The summed E-state index contributed by atoms with van der Waals surface area (Å²) in [6.45, 7) is 0. The number of halogens is 1. The fourth-order valence-electron chi connectivity index (χ4n) is 1.55. The Morgan fingerprint density at radius 2 is 2.25 bits per heavy atom. The van der Waals surface area contributed by atoms with E-state index in [1.807, 2.05) is 0 Å². The summed E-state index contributed by atoms with van der Waals surface area (Å²) in [5, 5.41) is 20.6. The molecule has 1 saturated heterocycles. The van der Waals surface area contributed by atoms with Crippen molar-refractivity contribution in [2.24, 2.45) is 0 Å². The zero-order chi connectivity index (χ0) is 11.7. The molecule has 16 heavy (non-hydrogen) atoms. The highest BCUT2D eigenvalue weighted by molar-refractivity contribution is 7.99. The van der Waals surface area contributed by atoms with Crippen LogP contribution >= 0.6 is 11.8 Å². The molecule has 0 aromatic heterocycles. The Kier molecular flexibility index (Phi) is 3.02. The highest BCUT2D eigenvalue weighted by atomic mass is 32.2. The first-order chi connectivity index (χ1) is 7.56. The molecule has 4 nitrogen and oxygen atoms in total. The molecule has 0 saturated carbocycles. The van der Waals surface area contributed by atoms with Crippen LogP contribution in [0.1, 0.15) is 10.9 Å². The van der Waals surface area contributed by atoms with Crippen molar-refractivity contribution in [3.05, 3.63) is 29.6 Å². The number of rotatable bonds is 2. The first kappa shape index (κ1) is 11.2. The molecule has 2 rings (SSSR count). The van der Waals surface area contributed by atoms with Crippen LogP contribution in [0.2, 0.25) is 0 Å². The SMILES string of the molecule is O=C(O)[C@H]1CSC(c2cc(O)cc(F)c2)N1. The lowest BCUT2D eigenvalue weighted by Crippen LogP contribution is -2.33. The van der Waals surface area contributed by atoms with Crippen molar-refractivity contribution in [3.63, 3.8) is 0 Å². The van der Waals surface area contributed by atoms with Crippen LogP contribution in [0.25, 0.3) is 0 Å². The number of carbonyl (C=O) groups is 1. The predicted octanol–water partition coefficient (Wildman–Crippen LogP) is 1.32. The van der Waals surface area contributed by atoms with Crippen molar-refractivity contribution in [2.45, 2.75) is 11.4 Å². The van der Waals surface area contributed by atoms with Crippen LogP contribution in [0.15, 0.2) is 18.2 Å². The largest absolute Gasteiger partial charge is 0.508 e. The van der Waals surface area contributed by atoms with Gasteiger partial charge in [-0.15, -0.1) is 11.8 Å². The van der Waals surface area contributed by atoms with Crippen LogP contribution in [0.5, 0.6) is 5.75 Å². The van der Waals surface area contributed by atoms with Gasteiger partial charge in [0.15, 0.2) is 0 Å². The highest BCUT2D eigenvalue weighted by Crippen LogP contribution is 2.34. The molecule has 0 radical (unpaired) electrons. The summed E-state index contributed by atoms with van der Waals surface area (Å²) < 4.78 is 13.0. The van der Waals surface area contributed by atoms with Crippen molar-refractivity contribution < 1.29 is 19.4 Å². The molecule has 0 aliphatic carbocycles. The monoisotopic (exact) mass is 243 g/mol. The molecule has 1 aromatic carbocycles. The van der Waals surface area contributed by atoms with Crippen LogP contribution in [0.3, 0.4) is 0 Å². The van der Waals surface area contributed by atoms with Gasteiger partial charge in [-0.3, -0.25) is 10.1 Å². The first-order valence-electron chi connectivity index (χ1n) is 4.66. The maximum absolute atomic E-state index is 13.0. The van der Waals surface area contributed by atoms with Gasteiger partial charge in [-0.05, 0) is 17.7 Å². The van der Waals surface area contributed by atoms with E-state index >= 15 is 0 Å². The Bertz CT molecular complexity index is 406. The quantitative estimate of drug-likeness (QED) is 0.731. The van der Waals surface area contributed by atoms with E-state index in [2.05, 4.69) is 5.32 Å². The molecule has 1 heterocycles. The van der Waals surface area contributed by atoms with Crippen molar-refractivity contribution in [3.8, 4) is 5.75 Å². The third kappa shape index (κ3) is 2.28. The van der Waals surface area contributed by atoms with E-state index in [4.69, 9.17) is 5.11 Å². The lowest BCUT2D eigenvalue weighted by molar-refractivity contribution is -0.138. The number of phenols is 1. The number of aliphatic carboxylic acids is 1. The average molecular weight is 243 g/mol. The summed E-state index contributed by atoms with van der Waals surface area (Å²) in [5.74, 6) is -1.18. The van der Waals surface area contributed by atoms with E-state index in [1.165, 1.54) is 23.9 Å². The van der Waals surface area contributed by atoms with Crippen molar-refractivity contribution >= 4 is 17.7 Å². The van der Waals surface area contributed by atoms with Gasteiger partial charge < -0.3 is 10.2 Å². The smallest absolute Gasteiger partial charge is 0.321 e. The molecule has 1 unspecified atom stereocenters. The molecule has 2 atom stereocenters. The van der Waals surface area contributed by atoms with Crippen molar-refractivity contribution in [1.82, 2.24) is 5.32 Å². The second kappa shape index (κ2) is 4.31. The summed E-state index contributed by atoms with van der Waals surface area (Å²) in [5.41, 5.74) is 0.547. The molecule has 86 valence electrons. The summed E-state index contributed by atoms with van der Waals surface area (Å²) in [7, 11) is 0. The van der Waals surface area contributed by atoms with Gasteiger partial charge in [0.1, 0.15) is 17.6 Å². The Labute approximate surface area is 95.5 Å². The van der Waals surface area contributed by atoms with Gasteiger partial charge in [0.25, 0.3) is 0 Å². The second-order valence-corrected chi connectivity index (χ2v) is 4.65. The summed E-state index contributed by atoms with van der Waals surface area (Å²) >= 11 is 1.38. The fraction of sp³-hybridized carbons (Fsp3) is 0.300. The number of hydrogen-bond donors (Lipinski definition) is 3. The van der Waals surface area contributed by atoms with E-state index in [0.717, 1.165) is 6.07 Å². The van der Waals surface area contributed by atoms with Gasteiger partial charge in [-0.1, -0.05) is 0 Å². The Hall–Kier alpha value is -1.27. The molecule has 3 N–H and O–H groups in total. The van der Waals surface area contributed by atoms with Crippen LogP contribution in [0, 0.1) is 5.82 Å². The zero-order valence-electron chi connectivity index (χ0n) is 8.18. The minimum Gasteiger partial charge on any atom is -0.508 e. The number of aromatic hydroxyl groups is 1. The molecule has 6 heteroatoms. The molecule has 1 fully saturated rings. The minimum atomic E-state index is -0.921. The third-order valence-corrected chi connectivity index (χ3v) is 3.56. The van der Waals surface area contributed by atoms with Crippen molar-refractivity contribution in [2.75, 3.05) is 5.75 Å². The number of thioether (sulfide) groups is 1. The number of carboxylic acids is 1. The molecule has 0 bridgehead atoms. The number of carboxylic acid groups (broad SMARTS) is 1. The summed E-state index contributed by atoms with van der Waals surface area (Å²) in [4.78, 5) is 10.7. The summed E-state index contributed by atoms with van der Waals surface area (Å²) in [6, 6.07) is 3.10. The standard InChI is InChI=1S/C10H10FNO3S/c11-6-1-5(2-7(13)3-6)9-12-8(4-16-9)10(14)15/h1-3,8-9,12-13H,4H2,(H,14,15)/t8-,9?/m1/s1. The second-order valence-electron chi connectivity index (χ2n) is 3.51. The highest BCUT2D eigenvalue weighted by Gasteiger charge is 2.30. The van der Waals surface area contributed by atoms with Gasteiger partial charge in [-0.25, -0.2) is 4.39 Å². The lowest BCUT2D eigenvalue weighted by Gasteiger charge is -2.11. The topological polar surface area (TPSA) is 69.6 Å². The van der Waals surface area contributed by atoms with E-state index in [9.17, 15) is 14.3 Å². The van der Waals surface area contributed by atoms with Gasteiger partial charge in [0.05, 0.1) is 5.37 Å². The van der Waals surface area contributed by atoms with E-state index in [-0.39, 0.29) is 11.1 Å². The van der Waals surface area contributed by atoms with Crippen LogP contribution < -0.4 is 5.32 Å². The Balaban J connectivity index is 2.17. The average Bonchev–Trinajstić information content (AvgIpc) is 2.64. The summed E-state index contributed by atoms with van der Waals surface area (Å²) in [6.07, 6.45) is 0. The Morgan fingerprint density at radius 1 is 1.50 bits per heavy atom. The van der Waals surface area contributed by atoms with Gasteiger partial charge in [0.2, 0.25) is 0 Å². The van der Waals surface area contributed by atoms with Gasteiger partial charge >= 0.3 is 5.97 Å².